The van der Waals surface area contributed by atoms with Gasteiger partial charge in [-0.2, -0.15) is 4.98 Å². The number of hydrogen-bond acceptors (Lipinski definition) is 6. The minimum absolute atomic E-state index is 0.365. The lowest BCUT2D eigenvalue weighted by molar-refractivity contribution is -0.136. The maximum atomic E-state index is 12.5. The topological polar surface area (TPSA) is 69.0 Å². The number of esters is 1. The van der Waals surface area contributed by atoms with E-state index in [4.69, 9.17) is 4.74 Å². The van der Waals surface area contributed by atoms with Crippen molar-refractivity contribution in [1.82, 2.24) is 14.8 Å². The van der Waals surface area contributed by atoms with Gasteiger partial charge in [0.15, 0.2) is 0 Å². The monoisotopic (exact) mass is 408 g/mol. The van der Waals surface area contributed by atoms with Crippen LogP contribution in [0.1, 0.15) is 24.9 Å². The first-order valence-corrected chi connectivity index (χ1v) is 9.45. The number of anilines is 1. The van der Waals surface area contributed by atoms with Crippen LogP contribution in [-0.4, -0.2) is 34.1 Å². The molecule has 0 aliphatic carbocycles. The van der Waals surface area contributed by atoms with Crippen LogP contribution in [-0.2, 0) is 9.53 Å². The zero-order valence-corrected chi connectivity index (χ0v) is 15.9. The first-order chi connectivity index (χ1) is 11.6. The molecule has 0 saturated carbocycles. The Morgan fingerprint density at radius 3 is 2.92 bits per heavy atom. The molecule has 2 aromatic rings. The number of carbonyl (C=O) groups is 1. The number of halogens is 1. The van der Waals surface area contributed by atoms with Gasteiger partial charge in [0.25, 0.3) is 0 Å². The molecular formula is C16H17BrN4O2S. The van der Waals surface area contributed by atoms with Gasteiger partial charge < -0.3 is 10.1 Å². The lowest BCUT2D eigenvalue weighted by Gasteiger charge is -2.28. The van der Waals surface area contributed by atoms with Crippen LogP contribution in [0.4, 0.5) is 5.95 Å². The molecule has 0 unspecified atom stereocenters. The van der Waals surface area contributed by atoms with Gasteiger partial charge in [-0.25, -0.2) is 9.48 Å². The molecule has 3 rings (SSSR count). The lowest BCUT2D eigenvalue weighted by atomic mass is 9.95. The first kappa shape index (κ1) is 17.0. The smallest absolute Gasteiger partial charge is 0.338 e. The van der Waals surface area contributed by atoms with Crippen LogP contribution < -0.4 is 5.32 Å². The van der Waals surface area contributed by atoms with Crippen molar-refractivity contribution in [3.63, 3.8) is 0 Å². The molecule has 0 saturated heterocycles. The van der Waals surface area contributed by atoms with Gasteiger partial charge in [-0.05, 0) is 30.4 Å². The van der Waals surface area contributed by atoms with Crippen LogP contribution in [0, 0.1) is 0 Å². The van der Waals surface area contributed by atoms with Gasteiger partial charge in [0.1, 0.15) is 6.04 Å². The molecule has 0 amide bonds. The van der Waals surface area contributed by atoms with Gasteiger partial charge in [-0.1, -0.05) is 46.7 Å². The predicted molar refractivity (Wildman–Crippen MR) is 97.0 cm³/mol. The van der Waals surface area contributed by atoms with Gasteiger partial charge in [-0.3, -0.25) is 0 Å². The highest BCUT2D eigenvalue weighted by molar-refractivity contribution is 9.10. The second-order valence-electron chi connectivity index (χ2n) is 5.19. The number of thioether (sulfide) groups is 1. The minimum Gasteiger partial charge on any atom is -0.466 e. The lowest BCUT2D eigenvalue weighted by Crippen LogP contribution is -2.30. The van der Waals surface area contributed by atoms with E-state index in [-0.39, 0.29) is 12.0 Å². The highest BCUT2D eigenvalue weighted by Crippen LogP contribution is 2.37. The Balaban J connectivity index is 2.23. The third kappa shape index (κ3) is 2.95. The summed E-state index contributed by atoms with van der Waals surface area (Å²) < 4.78 is 7.72. The maximum Gasteiger partial charge on any atom is 0.338 e. The van der Waals surface area contributed by atoms with E-state index in [0.717, 1.165) is 15.7 Å². The molecule has 0 bridgehead atoms. The number of allylic oxidation sites excluding steroid dienone is 1. The molecule has 1 aliphatic heterocycles. The molecule has 0 radical (unpaired) electrons. The first-order valence-electron chi connectivity index (χ1n) is 7.43. The number of hydrogen-bond donors (Lipinski definition) is 1. The Morgan fingerprint density at radius 1 is 1.50 bits per heavy atom. The van der Waals surface area contributed by atoms with Crippen molar-refractivity contribution < 1.29 is 9.53 Å². The summed E-state index contributed by atoms with van der Waals surface area (Å²) in [5.74, 6) is 0.269. The van der Waals surface area contributed by atoms with E-state index in [1.807, 2.05) is 37.4 Å². The summed E-state index contributed by atoms with van der Waals surface area (Å²) in [6, 6.07) is 7.46. The molecular weight excluding hydrogens is 392 g/mol. The molecule has 1 atom stereocenters. The van der Waals surface area contributed by atoms with Crippen LogP contribution in [0.2, 0.25) is 0 Å². The summed E-state index contributed by atoms with van der Waals surface area (Å²) in [4.78, 5) is 17.0. The van der Waals surface area contributed by atoms with Crippen molar-refractivity contribution in [3.05, 3.63) is 45.6 Å². The van der Waals surface area contributed by atoms with E-state index >= 15 is 0 Å². The maximum absolute atomic E-state index is 12.5. The van der Waals surface area contributed by atoms with E-state index in [1.165, 1.54) is 18.9 Å². The highest BCUT2D eigenvalue weighted by atomic mass is 79.9. The molecule has 126 valence electrons. The number of rotatable bonds is 4. The minimum atomic E-state index is -0.380. The van der Waals surface area contributed by atoms with E-state index in [2.05, 4.69) is 31.3 Å². The quantitative estimate of drug-likeness (QED) is 0.615. The van der Waals surface area contributed by atoms with E-state index in [9.17, 15) is 4.79 Å². The fraction of sp³-hybridized carbons (Fsp3) is 0.312. The molecule has 24 heavy (non-hydrogen) atoms. The number of nitrogens with zero attached hydrogens (tertiary/aromatic N) is 3. The van der Waals surface area contributed by atoms with Crippen LogP contribution in [0.5, 0.6) is 0 Å². The molecule has 1 aliphatic rings. The third-order valence-corrected chi connectivity index (χ3v) is 4.85. The van der Waals surface area contributed by atoms with Crippen molar-refractivity contribution in [2.45, 2.75) is 24.5 Å². The number of benzene rings is 1. The Morgan fingerprint density at radius 2 is 2.29 bits per heavy atom. The van der Waals surface area contributed by atoms with Crippen molar-refractivity contribution >= 4 is 39.6 Å². The van der Waals surface area contributed by atoms with Gasteiger partial charge in [0.2, 0.25) is 11.1 Å². The molecule has 8 heteroatoms. The second kappa shape index (κ2) is 6.98. The molecule has 2 heterocycles. The van der Waals surface area contributed by atoms with Crippen LogP contribution in [0.25, 0.3) is 0 Å². The standard InChI is InChI=1S/C16H17BrN4O2S/c1-4-11-12(14(22)23-2)13(9-6-5-7-10(17)8-9)21-15(18-11)19-16(20-21)24-3/h5-8,13H,4H2,1-3H3,(H,18,19,20)/t13-/m0/s1. The zero-order chi connectivity index (χ0) is 17.3. The van der Waals surface area contributed by atoms with E-state index in [1.54, 1.807) is 4.68 Å². The van der Waals surface area contributed by atoms with E-state index < -0.39 is 0 Å². The highest BCUT2D eigenvalue weighted by Gasteiger charge is 2.35. The number of ether oxygens (including phenoxy) is 1. The van der Waals surface area contributed by atoms with Gasteiger partial charge in [0.05, 0.1) is 12.7 Å². The fourth-order valence-corrected chi connectivity index (χ4v) is 3.52. The largest absolute Gasteiger partial charge is 0.466 e. The van der Waals surface area contributed by atoms with Gasteiger partial charge in [-0.15, -0.1) is 5.10 Å². The number of fused-ring (bicyclic) bond motifs is 1. The number of methoxy groups -OCH3 is 1. The average molecular weight is 409 g/mol. The predicted octanol–water partition coefficient (Wildman–Crippen LogP) is 3.61. The third-order valence-electron chi connectivity index (χ3n) is 3.82. The van der Waals surface area contributed by atoms with Gasteiger partial charge >= 0.3 is 5.97 Å². The Labute approximate surface area is 152 Å². The molecule has 1 aromatic heterocycles. The summed E-state index contributed by atoms with van der Waals surface area (Å²) in [5, 5.41) is 8.42. The Hall–Kier alpha value is -1.80. The molecule has 0 fully saturated rings. The van der Waals surface area contributed by atoms with E-state index in [0.29, 0.717) is 23.1 Å². The zero-order valence-electron chi connectivity index (χ0n) is 13.5. The summed E-state index contributed by atoms with van der Waals surface area (Å²) in [5.41, 5.74) is 2.30. The van der Waals surface area contributed by atoms with Crippen LogP contribution in [0.3, 0.4) is 0 Å². The van der Waals surface area contributed by atoms with Gasteiger partial charge in [0, 0.05) is 10.2 Å². The fourth-order valence-electron chi connectivity index (χ4n) is 2.75. The second-order valence-corrected chi connectivity index (χ2v) is 6.88. The number of carbonyl (C=O) groups excluding carboxylic acids is 1. The number of nitrogens with one attached hydrogen (secondary N) is 1. The number of aromatic nitrogens is 3. The Kier molecular flexibility index (Phi) is 4.96. The molecule has 6 nitrogen and oxygen atoms in total. The molecule has 1 N–H and O–H groups in total. The summed E-state index contributed by atoms with van der Waals surface area (Å²) in [6.45, 7) is 1.99. The normalized spacial score (nSPS) is 16.6. The SMILES string of the molecule is CCC1=C(C(=O)OC)[C@H](c2cccc(Br)c2)n2nc(SC)nc2N1. The van der Waals surface area contributed by atoms with Crippen molar-refractivity contribution in [1.29, 1.82) is 0 Å². The van der Waals surface area contributed by atoms with Crippen molar-refractivity contribution in [2.75, 3.05) is 18.7 Å². The van der Waals surface area contributed by atoms with Crippen molar-refractivity contribution in [3.8, 4) is 0 Å². The summed E-state index contributed by atoms with van der Waals surface area (Å²) in [7, 11) is 1.39. The molecule has 0 spiro atoms. The summed E-state index contributed by atoms with van der Waals surface area (Å²) in [6.07, 6.45) is 2.58. The average Bonchev–Trinajstić information content (AvgIpc) is 3.02. The van der Waals surface area contributed by atoms with Crippen LogP contribution >= 0.6 is 27.7 Å². The Bertz CT molecular complexity index is 818. The summed E-state index contributed by atoms with van der Waals surface area (Å²) >= 11 is 4.96. The van der Waals surface area contributed by atoms with Crippen molar-refractivity contribution in [2.24, 2.45) is 0 Å². The van der Waals surface area contributed by atoms with Crippen LogP contribution in [0.15, 0.2) is 45.2 Å². The molecule has 1 aromatic carbocycles.